The number of amides is 3. The lowest BCUT2D eigenvalue weighted by Crippen LogP contribution is -2.46. The molecule has 0 saturated carbocycles. The van der Waals surface area contributed by atoms with E-state index >= 15 is 0 Å². The molecule has 3 aromatic carbocycles. The minimum atomic E-state index is -1.92. The van der Waals surface area contributed by atoms with Crippen LogP contribution >= 0.6 is 0 Å². The SMILES string of the molecule is C=CCN1C(=O)[C@@](O)([C@@H](C)/C=C/CC(=O)N2Cc3ccccc3C[C@H]2CO)c2cc(N(C=O)c3ccccc3)ccc21. The largest absolute Gasteiger partial charge is 0.394 e. The third-order valence-corrected chi connectivity index (χ3v) is 8.25. The molecule has 5 rings (SSSR count). The van der Waals surface area contributed by atoms with Gasteiger partial charge >= 0.3 is 0 Å². The van der Waals surface area contributed by atoms with Gasteiger partial charge in [-0.3, -0.25) is 19.3 Å². The van der Waals surface area contributed by atoms with Gasteiger partial charge in [0.25, 0.3) is 5.91 Å². The lowest BCUT2D eigenvalue weighted by Gasteiger charge is -2.36. The first kappa shape index (κ1) is 29.0. The van der Waals surface area contributed by atoms with Crippen molar-refractivity contribution in [3.8, 4) is 0 Å². The number of nitrogens with zero attached hydrogens (tertiary/aromatic N) is 3. The number of rotatable bonds is 10. The van der Waals surface area contributed by atoms with Crippen molar-refractivity contribution in [3.63, 3.8) is 0 Å². The predicted octanol–water partition coefficient (Wildman–Crippen LogP) is 4.23. The van der Waals surface area contributed by atoms with E-state index in [-0.39, 0.29) is 31.5 Å². The molecule has 2 heterocycles. The van der Waals surface area contributed by atoms with Crippen LogP contribution in [0.4, 0.5) is 17.1 Å². The lowest BCUT2D eigenvalue weighted by molar-refractivity contribution is -0.139. The first-order chi connectivity index (χ1) is 20.3. The average Bonchev–Trinajstić information content (AvgIpc) is 3.23. The van der Waals surface area contributed by atoms with Crippen molar-refractivity contribution >= 4 is 35.3 Å². The van der Waals surface area contributed by atoms with Gasteiger partial charge in [-0.2, -0.15) is 0 Å². The molecule has 0 aliphatic carbocycles. The van der Waals surface area contributed by atoms with Crippen LogP contribution in [0.2, 0.25) is 0 Å². The summed E-state index contributed by atoms with van der Waals surface area (Å²) < 4.78 is 0. The molecule has 3 aromatic rings. The molecule has 8 nitrogen and oxygen atoms in total. The number of hydrogen-bond donors (Lipinski definition) is 2. The third kappa shape index (κ3) is 5.15. The standard InChI is InChI=1S/C34H35N3O5/c1-3-18-35-31-17-16-28(37(23-39)27-13-5-4-6-14-27)20-30(31)34(42,33(35)41)24(2)10-9-15-32(40)36-21-26-12-8-7-11-25(26)19-29(36)22-38/h3-14,16-17,20,23-24,29,38,42H,1,15,18-19,21-22H2,2H3/b10-9+/t24-,29-,34+/m0/s1. The molecule has 3 atom stereocenters. The molecule has 2 aliphatic rings. The van der Waals surface area contributed by atoms with Gasteiger partial charge in [0.1, 0.15) is 0 Å². The Morgan fingerprint density at radius 2 is 1.81 bits per heavy atom. The molecular weight excluding hydrogens is 530 g/mol. The molecule has 0 aromatic heterocycles. The molecule has 3 amide bonds. The van der Waals surface area contributed by atoms with E-state index in [9.17, 15) is 24.6 Å². The summed E-state index contributed by atoms with van der Waals surface area (Å²) in [5.74, 6) is -1.33. The van der Waals surface area contributed by atoms with Crippen LogP contribution in [0.5, 0.6) is 0 Å². The number of benzene rings is 3. The number of fused-ring (bicyclic) bond motifs is 2. The van der Waals surface area contributed by atoms with Crippen LogP contribution in [-0.2, 0) is 33.0 Å². The Morgan fingerprint density at radius 3 is 2.50 bits per heavy atom. The van der Waals surface area contributed by atoms with Crippen molar-refractivity contribution in [1.29, 1.82) is 0 Å². The normalized spacial score (nSPS) is 20.3. The fourth-order valence-electron chi connectivity index (χ4n) is 5.93. The number of carbonyl (C=O) groups excluding carboxylic acids is 3. The maximum Gasteiger partial charge on any atom is 0.264 e. The van der Waals surface area contributed by atoms with E-state index < -0.39 is 17.4 Å². The minimum Gasteiger partial charge on any atom is -0.394 e. The van der Waals surface area contributed by atoms with Gasteiger partial charge in [-0.15, -0.1) is 6.58 Å². The van der Waals surface area contributed by atoms with Gasteiger partial charge in [-0.25, -0.2) is 0 Å². The number of carbonyl (C=O) groups is 3. The highest BCUT2D eigenvalue weighted by molar-refractivity contribution is 6.08. The van der Waals surface area contributed by atoms with Gasteiger partial charge in [0.15, 0.2) is 5.60 Å². The van der Waals surface area contributed by atoms with Crippen LogP contribution in [0, 0.1) is 5.92 Å². The molecule has 2 N–H and O–H groups in total. The lowest BCUT2D eigenvalue weighted by atomic mass is 9.82. The molecule has 0 bridgehead atoms. The number of para-hydroxylation sites is 1. The molecule has 0 fully saturated rings. The van der Waals surface area contributed by atoms with Crippen molar-refractivity contribution in [3.05, 3.63) is 114 Å². The molecule has 216 valence electrons. The van der Waals surface area contributed by atoms with Crippen molar-refractivity contribution in [1.82, 2.24) is 4.90 Å². The highest BCUT2D eigenvalue weighted by Crippen LogP contribution is 2.47. The first-order valence-corrected chi connectivity index (χ1v) is 14.1. The molecule has 0 spiro atoms. The van der Waals surface area contributed by atoms with Crippen molar-refractivity contribution in [2.75, 3.05) is 23.0 Å². The highest BCUT2D eigenvalue weighted by Gasteiger charge is 2.52. The predicted molar refractivity (Wildman–Crippen MR) is 162 cm³/mol. The molecule has 0 saturated heterocycles. The highest BCUT2D eigenvalue weighted by atomic mass is 16.3. The van der Waals surface area contributed by atoms with Crippen LogP contribution in [0.1, 0.15) is 30.0 Å². The van der Waals surface area contributed by atoms with Gasteiger partial charge in [0, 0.05) is 42.4 Å². The van der Waals surface area contributed by atoms with Crippen molar-refractivity contribution < 1.29 is 24.6 Å². The molecule has 0 unspecified atom stereocenters. The number of aliphatic hydroxyl groups excluding tert-OH is 1. The number of aliphatic hydroxyl groups is 2. The fraction of sp³-hybridized carbons (Fsp3) is 0.265. The maximum atomic E-state index is 13.7. The van der Waals surface area contributed by atoms with E-state index in [2.05, 4.69) is 6.58 Å². The van der Waals surface area contributed by atoms with E-state index in [0.29, 0.717) is 42.0 Å². The minimum absolute atomic E-state index is 0.0590. The number of hydrogen-bond acceptors (Lipinski definition) is 5. The molecular formula is C34H35N3O5. The summed E-state index contributed by atoms with van der Waals surface area (Å²) in [7, 11) is 0. The van der Waals surface area contributed by atoms with Crippen LogP contribution in [0.3, 0.4) is 0 Å². The topological polar surface area (TPSA) is 101 Å². The molecule has 0 radical (unpaired) electrons. The second kappa shape index (κ2) is 12.1. The smallest absolute Gasteiger partial charge is 0.264 e. The summed E-state index contributed by atoms with van der Waals surface area (Å²) >= 11 is 0. The monoisotopic (exact) mass is 565 g/mol. The number of anilines is 3. The van der Waals surface area contributed by atoms with Crippen LogP contribution in [-0.4, -0.2) is 52.5 Å². The second-order valence-corrected chi connectivity index (χ2v) is 10.7. The Hall–Kier alpha value is -4.53. The zero-order valence-corrected chi connectivity index (χ0v) is 23.6. The van der Waals surface area contributed by atoms with Gasteiger partial charge in [-0.05, 0) is 47.9 Å². The third-order valence-electron chi connectivity index (χ3n) is 8.25. The van der Waals surface area contributed by atoms with Crippen LogP contribution < -0.4 is 9.80 Å². The van der Waals surface area contributed by atoms with E-state index in [1.54, 1.807) is 60.4 Å². The molecule has 8 heteroatoms. The Morgan fingerprint density at radius 1 is 1.10 bits per heavy atom. The van der Waals surface area contributed by atoms with E-state index in [4.69, 9.17) is 0 Å². The average molecular weight is 566 g/mol. The van der Waals surface area contributed by atoms with Crippen molar-refractivity contribution in [2.24, 2.45) is 5.92 Å². The maximum absolute atomic E-state index is 13.7. The summed E-state index contributed by atoms with van der Waals surface area (Å²) in [6.07, 6.45) is 6.30. The van der Waals surface area contributed by atoms with Crippen molar-refractivity contribution in [2.45, 2.75) is 38.0 Å². The van der Waals surface area contributed by atoms with E-state index in [0.717, 1.165) is 11.1 Å². The van der Waals surface area contributed by atoms with Gasteiger partial charge < -0.3 is 20.0 Å². The second-order valence-electron chi connectivity index (χ2n) is 10.7. The summed E-state index contributed by atoms with van der Waals surface area (Å²) in [5, 5.41) is 22.0. The quantitative estimate of drug-likeness (QED) is 0.283. The first-order valence-electron chi connectivity index (χ1n) is 14.1. The summed E-state index contributed by atoms with van der Waals surface area (Å²) in [5.41, 5.74) is 2.36. The Kier molecular flexibility index (Phi) is 8.38. The fourth-order valence-corrected chi connectivity index (χ4v) is 5.93. The molecule has 2 aliphatic heterocycles. The Labute approximate surface area is 245 Å². The van der Waals surface area contributed by atoms with E-state index in [1.807, 2.05) is 42.5 Å². The molecule has 42 heavy (non-hydrogen) atoms. The van der Waals surface area contributed by atoms with Crippen LogP contribution in [0.25, 0.3) is 0 Å². The Balaban J connectivity index is 1.40. The summed E-state index contributed by atoms with van der Waals surface area (Å²) in [6.45, 7) is 5.99. The van der Waals surface area contributed by atoms with Gasteiger partial charge in [-0.1, -0.05) is 67.6 Å². The summed E-state index contributed by atoms with van der Waals surface area (Å²) in [6, 6.07) is 21.8. The van der Waals surface area contributed by atoms with Gasteiger partial charge in [0.2, 0.25) is 12.3 Å². The van der Waals surface area contributed by atoms with Crippen LogP contribution in [0.15, 0.2) is 97.6 Å². The van der Waals surface area contributed by atoms with E-state index in [1.165, 1.54) is 9.80 Å². The van der Waals surface area contributed by atoms with Gasteiger partial charge in [0.05, 0.1) is 18.3 Å². The Bertz CT molecular complexity index is 1520. The zero-order chi connectivity index (χ0) is 29.9. The summed E-state index contributed by atoms with van der Waals surface area (Å²) in [4.78, 5) is 43.6. The zero-order valence-electron chi connectivity index (χ0n) is 23.6.